The lowest BCUT2D eigenvalue weighted by molar-refractivity contribution is 0.105. The molecular formula is C21H24ClN5O. The summed E-state index contributed by atoms with van der Waals surface area (Å²) in [7, 11) is 1.94. The third-order valence-electron chi connectivity index (χ3n) is 5.49. The fourth-order valence-corrected chi connectivity index (χ4v) is 4.25. The quantitative estimate of drug-likeness (QED) is 0.715. The molecule has 7 heteroatoms. The summed E-state index contributed by atoms with van der Waals surface area (Å²) in [6, 6.07) is 11.8. The van der Waals surface area contributed by atoms with Gasteiger partial charge in [-0.2, -0.15) is 0 Å². The van der Waals surface area contributed by atoms with E-state index in [2.05, 4.69) is 26.1 Å². The van der Waals surface area contributed by atoms with Crippen LogP contribution in [0.4, 0.5) is 5.82 Å². The fourth-order valence-electron chi connectivity index (χ4n) is 4.04. The molecule has 1 fully saturated rings. The van der Waals surface area contributed by atoms with Gasteiger partial charge in [-0.05, 0) is 49.1 Å². The zero-order valence-corrected chi connectivity index (χ0v) is 16.7. The van der Waals surface area contributed by atoms with E-state index < -0.39 is 0 Å². The number of imidazole rings is 1. The van der Waals surface area contributed by atoms with Crippen molar-refractivity contribution in [1.29, 1.82) is 0 Å². The van der Waals surface area contributed by atoms with Gasteiger partial charge in [-0.25, -0.2) is 4.98 Å². The van der Waals surface area contributed by atoms with Gasteiger partial charge in [-0.15, -0.1) is 10.2 Å². The Bertz CT molecular complexity index is 942. The first-order valence-corrected chi connectivity index (χ1v) is 9.88. The second-order valence-electron chi connectivity index (χ2n) is 7.63. The number of hydrogen-bond acceptors (Lipinski definition) is 5. The highest BCUT2D eigenvalue weighted by Crippen LogP contribution is 2.35. The van der Waals surface area contributed by atoms with Gasteiger partial charge in [-0.3, -0.25) is 0 Å². The van der Waals surface area contributed by atoms with Gasteiger partial charge < -0.3 is 14.6 Å². The lowest BCUT2D eigenvalue weighted by atomic mass is 9.75. The molecule has 1 atom stereocenters. The monoisotopic (exact) mass is 397 g/mol. The van der Waals surface area contributed by atoms with Crippen molar-refractivity contribution in [3.8, 4) is 11.5 Å². The summed E-state index contributed by atoms with van der Waals surface area (Å²) in [5.74, 6) is 1.63. The summed E-state index contributed by atoms with van der Waals surface area (Å²) in [6.45, 7) is 1.79. The number of rotatable bonds is 5. The number of anilines is 1. The van der Waals surface area contributed by atoms with E-state index in [9.17, 15) is 5.11 Å². The third kappa shape index (κ3) is 3.88. The fraction of sp³-hybridized carbons (Fsp3) is 0.381. The minimum atomic E-state index is -0.205. The Morgan fingerprint density at radius 2 is 2.11 bits per heavy atom. The highest BCUT2D eigenvalue weighted by Gasteiger charge is 2.36. The molecule has 146 valence electrons. The average Bonchev–Trinajstić information content (AvgIpc) is 3.14. The number of hydrogen-bond donors (Lipinski definition) is 1. The molecule has 1 saturated heterocycles. The van der Waals surface area contributed by atoms with Crippen molar-refractivity contribution in [2.75, 3.05) is 24.6 Å². The number of nitrogens with zero attached hydrogens (tertiary/aromatic N) is 5. The molecule has 0 aliphatic carbocycles. The van der Waals surface area contributed by atoms with Gasteiger partial charge in [0.05, 0.1) is 6.61 Å². The van der Waals surface area contributed by atoms with E-state index in [1.54, 1.807) is 6.20 Å². The van der Waals surface area contributed by atoms with Crippen molar-refractivity contribution in [2.24, 2.45) is 12.5 Å². The number of aryl methyl sites for hydroxylation is 1. The molecule has 28 heavy (non-hydrogen) atoms. The highest BCUT2D eigenvalue weighted by molar-refractivity contribution is 6.30. The van der Waals surface area contributed by atoms with E-state index >= 15 is 0 Å². The summed E-state index contributed by atoms with van der Waals surface area (Å²) in [5.41, 5.74) is 1.70. The molecule has 0 saturated carbocycles. The van der Waals surface area contributed by atoms with Crippen LogP contribution < -0.4 is 4.90 Å². The Morgan fingerprint density at radius 3 is 2.79 bits per heavy atom. The highest BCUT2D eigenvalue weighted by atomic mass is 35.5. The second-order valence-corrected chi connectivity index (χ2v) is 8.06. The second kappa shape index (κ2) is 7.89. The van der Waals surface area contributed by atoms with E-state index in [4.69, 9.17) is 11.6 Å². The first kappa shape index (κ1) is 18.9. The summed E-state index contributed by atoms with van der Waals surface area (Å²) in [4.78, 5) is 6.54. The number of piperidine rings is 1. The Labute approximate surface area is 169 Å². The van der Waals surface area contributed by atoms with Crippen LogP contribution in [0.15, 0.2) is 48.8 Å². The minimum Gasteiger partial charge on any atom is -0.396 e. The van der Waals surface area contributed by atoms with Crippen LogP contribution in [-0.2, 0) is 13.5 Å². The molecule has 1 aromatic carbocycles. The van der Waals surface area contributed by atoms with Crippen molar-refractivity contribution in [2.45, 2.75) is 19.3 Å². The maximum absolute atomic E-state index is 10.2. The van der Waals surface area contributed by atoms with Crippen LogP contribution in [-0.4, -0.2) is 44.6 Å². The molecule has 3 aromatic rings. The topological polar surface area (TPSA) is 67.1 Å². The van der Waals surface area contributed by atoms with Gasteiger partial charge in [-0.1, -0.05) is 23.7 Å². The molecule has 0 unspecified atom stereocenters. The molecule has 1 aliphatic heterocycles. The van der Waals surface area contributed by atoms with Gasteiger partial charge in [0.25, 0.3) is 0 Å². The van der Waals surface area contributed by atoms with E-state index in [1.807, 2.05) is 48.1 Å². The molecule has 6 nitrogen and oxygen atoms in total. The number of aliphatic hydroxyl groups excluding tert-OH is 1. The van der Waals surface area contributed by atoms with E-state index in [-0.39, 0.29) is 12.0 Å². The SMILES string of the molecule is Cn1ccnc1-c1ccc(N2CCC[C@](CO)(Cc3cccc(Cl)c3)C2)nn1. The van der Waals surface area contributed by atoms with Crippen LogP contribution in [0.2, 0.25) is 5.02 Å². The van der Waals surface area contributed by atoms with Crippen molar-refractivity contribution >= 4 is 17.4 Å². The number of halogens is 1. The molecule has 0 radical (unpaired) electrons. The molecule has 0 amide bonds. The molecule has 1 N–H and O–H groups in total. The zero-order chi connectivity index (χ0) is 19.6. The molecule has 0 bridgehead atoms. The van der Waals surface area contributed by atoms with Gasteiger partial charge in [0.15, 0.2) is 11.6 Å². The van der Waals surface area contributed by atoms with Gasteiger partial charge in [0, 0.05) is 43.0 Å². The van der Waals surface area contributed by atoms with Crippen LogP contribution >= 0.6 is 11.6 Å². The summed E-state index contributed by atoms with van der Waals surface area (Å²) in [5, 5.41) is 19.8. The Balaban J connectivity index is 1.53. The molecule has 3 heterocycles. The van der Waals surface area contributed by atoms with Crippen LogP contribution in [0.25, 0.3) is 11.5 Å². The smallest absolute Gasteiger partial charge is 0.160 e. The van der Waals surface area contributed by atoms with Crippen LogP contribution in [0.5, 0.6) is 0 Å². The predicted octanol–water partition coefficient (Wildman–Crippen LogP) is 3.35. The zero-order valence-electron chi connectivity index (χ0n) is 15.9. The maximum Gasteiger partial charge on any atom is 0.160 e. The Kier molecular flexibility index (Phi) is 5.33. The maximum atomic E-state index is 10.2. The van der Waals surface area contributed by atoms with Crippen molar-refractivity contribution in [1.82, 2.24) is 19.7 Å². The number of aliphatic hydroxyl groups is 1. The Hall–Kier alpha value is -2.44. The van der Waals surface area contributed by atoms with E-state index in [0.29, 0.717) is 0 Å². The Morgan fingerprint density at radius 1 is 1.21 bits per heavy atom. The molecule has 0 spiro atoms. The number of aromatic nitrogens is 4. The largest absolute Gasteiger partial charge is 0.396 e. The van der Waals surface area contributed by atoms with Crippen molar-refractivity contribution in [3.05, 3.63) is 59.4 Å². The van der Waals surface area contributed by atoms with Crippen LogP contribution in [0.1, 0.15) is 18.4 Å². The molecular weight excluding hydrogens is 374 g/mol. The van der Waals surface area contributed by atoms with Gasteiger partial charge in [0.2, 0.25) is 0 Å². The van der Waals surface area contributed by atoms with E-state index in [0.717, 1.165) is 60.3 Å². The number of benzene rings is 1. The standard InChI is InChI=1S/C21H24ClN5O/c1-26-11-9-23-20(26)18-6-7-19(25-24-18)27-10-3-8-21(14-27,15-28)13-16-4-2-5-17(22)12-16/h2,4-7,9,11-12,28H,3,8,10,13-15H2,1H3/t21-/m0/s1. The first-order valence-electron chi connectivity index (χ1n) is 9.50. The normalized spacial score (nSPS) is 19.8. The lowest BCUT2D eigenvalue weighted by Gasteiger charge is -2.42. The molecule has 4 rings (SSSR count). The van der Waals surface area contributed by atoms with Crippen molar-refractivity contribution < 1.29 is 5.11 Å². The summed E-state index contributed by atoms with van der Waals surface area (Å²) < 4.78 is 1.92. The van der Waals surface area contributed by atoms with Gasteiger partial charge >= 0.3 is 0 Å². The molecule has 2 aromatic heterocycles. The van der Waals surface area contributed by atoms with Crippen LogP contribution in [0.3, 0.4) is 0 Å². The lowest BCUT2D eigenvalue weighted by Crippen LogP contribution is -2.47. The molecule has 1 aliphatic rings. The predicted molar refractivity (Wildman–Crippen MR) is 110 cm³/mol. The average molecular weight is 398 g/mol. The van der Waals surface area contributed by atoms with Crippen molar-refractivity contribution in [3.63, 3.8) is 0 Å². The van der Waals surface area contributed by atoms with Crippen LogP contribution in [0, 0.1) is 5.41 Å². The summed E-state index contributed by atoms with van der Waals surface area (Å²) in [6.07, 6.45) is 6.41. The minimum absolute atomic E-state index is 0.134. The third-order valence-corrected chi connectivity index (χ3v) is 5.72. The first-order chi connectivity index (χ1) is 13.6. The van der Waals surface area contributed by atoms with Gasteiger partial charge in [0.1, 0.15) is 5.69 Å². The summed E-state index contributed by atoms with van der Waals surface area (Å²) >= 11 is 6.15. The van der Waals surface area contributed by atoms with E-state index in [1.165, 1.54) is 0 Å².